The second-order valence-electron chi connectivity index (χ2n) is 6.23. The number of phenolic OH excluding ortho intramolecular Hbond substituents is 1. The second-order valence-corrected chi connectivity index (χ2v) is 9.93. The van der Waals surface area contributed by atoms with E-state index in [1.54, 1.807) is 18.2 Å². The van der Waals surface area contributed by atoms with Crippen molar-refractivity contribution in [2.45, 2.75) is 12.6 Å². The molecule has 1 heterocycles. The lowest BCUT2D eigenvalue weighted by Crippen LogP contribution is -2.25. The third-order valence-corrected chi connectivity index (χ3v) is 6.24. The van der Waals surface area contributed by atoms with Crippen molar-refractivity contribution < 1.29 is 31.9 Å². The molecule has 1 fully saturated rings. The predicted octanol–water partition coefficient (Wildman–Crippen LogP) is 2.28. The first kappa shape index (κ1) is 21.0. The Labute approximate surface area is 168 Å². The third kappa shape index (κ3) is 4.63. The van der Waals surface area contributed by atoms with Gasteiger partial charge in [-0.2, -0.15) is 13.1 Å². The molecule has 1 aliphatic heterocycles. The number of para-hydroxylation sites is 1. The smallest absolute Gasteiger partial charge is 0.306 e. The van der Waals surface area contributed by atoms with Gasteiger partial charge >= 0.3 is 10.1 Å². The summed E-state index contributed by atoms with van der Waals surface area (Å²) in [5.41, 5.74) is 1.23. The molecular formula is C16H19ClN2O7S2. The predicted molar refractivity (Wildman–Crippen MR) is 107 cm³/mol. The number of β-amino-alcohol motifs (C(OH)–C–C–N with tert-alkyl or cyclic N) is 1. The molecule has 0 bridgehead atoms. The van der Waals surface area contributed by atoms with Gasteiger partial charge in [-0.3, -0.25) is 13.4 Å². The van der Waals surface area contributed by atoms with Crippen LogP contribution in [0, 0.1) is 0 Å². The van der Waals surface area contributed by atoms with Crippen molar-refractivity contribution in [1.82, 2.24) is 4.72 Å². The summed E-state index contributed by atoms with van der Waals surface area (Å²) in [5.74, 6) is -0.225. The van der Waals surface area contributed by atoms with Crippen molar-refractivity contribution >= 4 is 38.4 Å². The van der Waals surface area contributed by atoms with E-state index in [0.717, 1.165) is 10.6 Å². The summed E-state index contributed by atoms with van der Waals surface area (Å²) in [5, 5.41) is 20.1. The highest BCUT2D eigenvalue weighted by molar-refractivity contribution is 8.24. The highest BCUT2D eigenvalue weighted by atomic mass is 35.5. The number of benzene rings is 2. The number of aromatic hydroxyl groups is 1. The maximum Gasteiger partial charge on any atom is 0.306 e. The van der Waals surface area contributed by atoms with Crippen LogP contribution in [0.4, 0.5) is 5.69 Å². The molecule has 1 aliphatic rings. The first-order valence-corrected chi connectivity index (χ1v) is 11.7. The van der Waals surface area contributed by atoms with Gasteiger partial charge in [-0.05, 0) is 23.8 Å². The van der Waals surface area contributed by atoms with E-state index in [0.29, 0.717) is 11.1 Å². The Hall–Kier alpha value is -1.73. The van der Waals surface area contributed by atoms with Gasteiger partial charge in [-0.15, -0.1) is 0 Å². The summed E-state index contributed by atoms with van der Waals surface area (Å²) in [7, 11) is -7.23. The van der Waals surface area contributed by atoms with Crippen LogP contribution in [0.1, 0.15) is 11.1 Å². The number of halogens is 1. The summed E-state index contributed by atoms with van der Waals surface area (Å²) < 4.78 is 51.2. The Morgan fingerprint density at radius 3 is 2.61 bits per heavy atom. The fourth-order valence-electron chi connectivity index (χ4n) is 2.83. The Morgan fingerprint density at radius 2 is 2.04 bits per heavy atom. The number of anilines is 1. The molecule has 5 N–H and O–H groups in total. The highest BCUT2D eigenvalue weighted by Gasteiger charge is 2.36. The minimum atomic E-state index is -3.78. The summed E-state index contributed by atoms with van der Waals surface area (Å²) in [6.07, 6.45) is -0.0280. The fourth-order valence-corrected chi connectivity index (χ4v) is 4.95. The summed E-state index contributed by atoms with van der Waals surface area (Å²) in [6.45, 7) is -0.115. The summed E-state index contributed by atoms with van der Waals surface area (Å²) >= 11 is 6.06. The molecule has 0 radical (unpaired) electrons. The Kier molecular flexibility index (Phi) is 5.69. The zero-order valence-corrected chi connectivity index (χ0v) is 17.0. The quantitative estimate of drug-likeness (QED) is 0.434. The molecule has 1 saturated heterocycles. The Bertz CT molecular complexity index is 1000. The lowest BCUT2D eigenvalue weighted by atomic mass is 10.0. The molecule has 0 aromatic heterocycles. The highest BCUT2D eigenvalue weighted by Crippen LogP contribution is 2.49. The average molecular weight is 451 g/mol. The van der Waals surface area contributed by atoms with Crippen LogP contribution in [-0.2, 0) is 16.5 Å². The maximum absolute atomic E-state index is 11.5. The van der Waals surface area contributed by atoms with Crippen LogP contribution >= 0.6 is 22.6 Å². The molecule has 28 heavy (non-hydrogen) atoms. The molecule has 2 aromatic carbocycles. The Balaban J connectivity index is 1.90. The lowest BCUT2D eigenvalue weighted by Gasteiger charge is -2.36. The van der Waals surface area contributed by atoms with Gasteiger partial charge in [0.2, 0.25) is 0 Å². The average Bonchev–Trinajstić information content (AvgIpc) is 2.82. The number of rotatable bonds is 5. The van der Waals surface area contributed by atoms with E-state index in [-0.39, 0.29) is 35.2 Å². The molecule has 0 amide bonds. The molecule has 0 spiro atoms. The van der Waals surface area contributed by atoms with E-state index in [4.69, 9.17) is 15.8 Å². The maximum atomic E-state index is 11.5. The van der Waals surface area contributed by atoms with Crippen LogP contribution in [0.3, 0.4) is 0 Å². The SMILES string of the molecule is CS(=O)(=O)Oc1c(Cl)cccc1Cc1ccc(N2CC(O)NS2(O)O)c(O)c1. The number of hydrogen-bond acceptors (Lipinski definition) is 9. The van der Waals surface area contributed by atoms with Gasteiger partial charge < -0.3 is 14.4 Å². The number of phenols is 1. The van der Waals surface area contributed by atoms with Gasteiger partial charge in [0.15, 0.2) is 5.75 Å². The van der Waals surface area contributed by atoms with Gasteiger partial charge in [0.05, 0.1) is 17.8 Å². The number of nitrogens with zero attached hydrogens (tertiary/aromatic N) is 1. The topological polar surface area (TPSA) is 140 Å². The molecule has 3 rings (SSSR count). The number of aliphatic hydroxyl groups is 1. The molecule has 9 nitrogen and oxygen atoms in total. The van der Waals surface area contributed by atoms with Crippen LogP contribution < -0.4 is 13.2 Å². The molecule has 0 aliphatic carbocycles. The minimum Gasteiger partial charge on any atom is -0.506 e. The van der Waals surface area contributed by atoms with Gasteiger partial charge in [-0.25, -0.2) is 0 Å². The zero-order chi connectivity index (χ0) is 20.7. The molecule has 12 heteroatoms. The first-order valence-electron chi connectivity index (χ1n) is 7.96. The zero-order valence-electron chi connectivity index (χ0n) is 14.6. The van der Waals surface area contributed by atoms with Crippen LogP contribution in [-0.4, -0.2) is 46.8 Å². The van der Waals surface area contributed by atoms with Crippen molar-refractivity contribution in [2.75, 3.05) is 17.1 Å². The van der Waals surface area contributed by atoms with Crippen molar-refractivity contribution in [2.24, 2.45) is 0 Å². The molecule has 2 aromatic rings. The van der Waals surface area contributed by atoms with Crippen LogP contribution in [0.5, 0.6) is 11.5 Å². The molecule has 1 unspecified atom stereocenters. The van der Waals surface area contributed by atoms with Crippen molar-refractivity contribution in [3.63, 3.8) is 0 Å². The van der Waals surface area contributed by atoms with Gasteiger partial charge in [-0.1, -0.05) is 40.8 Å². The second kappa shape index (κ2) is 7.59. The fraction of sp³-hybridized carbons (Fsp3) is 0.250. The first-order chi connectivity index (χ1) is 13.0. The largest absolute Gasteiger partial charge is 0.506 e. The van der Waals surface area contributed by atoms with E-state index in [2.05, 4.69) is 4.72 Å². The number of nitrogens with one attached hydrogen (secondary N) is 1. The molecule has 0 saturated carbocycles. The number of aliphatic hydroxyl groups excluding tert-OH is 1. The molecular weight excluding hydrogens is 432 g/mol. The van der Waals surface area contributed by atoms with Gasteiger partial charge in [0.1, 0.15) is 17.7 Å². The lowest BCUT2D eigenvalue weighted by molar-refractivity contribution is 0.182. The molecule has 1 atom stereocenters. The van der Waals surface area contributed by atoms with E-state index in [1.165, 1.54) is 18.2 Å². The minimum absolute atomic E-state index is 0.0104. The van der Waals surface area contributed by atoms with Crippen LogP contribution in [0.25, 0.3) is 0 Å². The van der Waals surface area contributed by atoms with E-state index in [1.807, 2.05) is 0 Å². The van der Waals surface area contributed by atoms with Gasteiger partial charge in [0.25, 0.3) is 0 Å². The molecule has 154 valence electrons. The third-order valence-electron chi connectivity index (χ3n) is 3.93. The summed E-state index contributed by atoms with van der Waals surface area (Å²) in [4.78, 5) is 0. The van der Waals surface area contributed by atoms with Crippen molar-refractivity contribution in [3.8, 4) is 11.5 Å². The van der Waals surface area contributed by atoms with Crippen LogP contribution in [0.15, 0.2) is 36.4 Å². The standard InChI is InChI=1S/C16H19ClN2O7S2/c1-27(22,23)26-16-11(3-2-4-12(16)17)7-10-5-6-13(14(20)8-10)19-9-15(21)18-28(19,24)25/h2-6,8,15,18,20-21,24-25H,7,9H2,1H3. The van der Waals surface area contributed by atoms with Crippen LogP contribution in [0.2, 0.25) is 5.02 Å². The summed E-state index contributed by atoms with van der Waals surface area (Å²) in [6, 6.07) is 9.30. The Morgan fingerprint density at radius 1 is 1.32 bits per heavy atom. The van der Waals surface area contributed by atoms with Crippen molar-refractivity contribution in [1.29, 1.82) is 0 Å². The van der Waals surface area contributed by atoms with Crippen molar-refractivity contribution in [3.05, 3.63) is 52.5 Å². The van der Waals surface area contributed by atoms with E-state index >= 15 is 0 Å². The normalized spacial score (nSPS) is 20.2. The van der Waals surface area contributed by atoms with E-state index < -0.39 is 27.3 Å². The monoisotopic (exact) mass is 450 g/mol. The van der Waals surface area contributed by atoms with E-state index in [9.17, 15) is 27.7 Å². The number of hydrogen-bond donors (Lipinski definition) is 5. The van der Waals surface area contributed by atoms with Gasteiger partial charge in [0, 0.05) is 12.0 Å².